The minimum absolute atomic E-state index is 0.000831. The van der Waals surface area contributed by atoms with Crippen LogP contribution >= 0.6 is 23.2 Å². The molecule has 9 heteroatoms. The van der Waals surface area contributed by atoms with Gasteiger partial charge in [0.05, 0.1) is 27.9 Å². The molecule has 1 unspecified atom stereocenters. The molecule has 2 aromatic carbocycles. The molecular formula is C33H44Cl2N4O3. The Morgan fingerprint density at radius 1 is 0.952 bits per heavy atom. The number of rotatable bonds is 11. The monoisotopic (exact) mass is 614 g/mol. The van der Waals surface area contributed by atoms with Crippen molar-refractivity contribution in [3.05, 3.63) is 68.9 Å². The molecule has 1 amide bonds. The van der Waals surface area contributed by atoms with Crippen LogP contribution in [0.25, 0.3) is 10.9 Å². The molecule has 1 fully saturated rings. The van der Waals surface area contributed by atoms with Crippen molar-refractivity contribution >= 4 is 45.8 Å². The Labute approximate surface area is 259 Å². The fourth-order valence-electron chi connectivity index (χ4n) is 5.38. The van der Waals surface area contributed by atoms with E-state index in [1.807, 2.05) is 48.2 Å². The Morgan fingerprint density at radius 3 is 2.36 bits per heavy atom. The first-order chi connectivity index (χ1) is 20.1. The van der Waals surface area contributed by atoms with Crippen LogP contribution in [-0.2, 0) is 0 Å². The van der Waals surface area contributed by atoms with Gasteiger partial charge in [0.1, 0.15) is 5.75 Å². The maximum absolute atomic E-state index is 13.8. The zero-order valence-electron chi connectivity index (χ0n) is 25.5. The normalized spacial score (nSPS) is 15.0. The number of aromatic nitrogens is 1. The van der Waals surface area contributed by atoms with Crippen molar-refractivity contribution in [1.29, 1.82) is 0 Å². The smallest absolute Gasteiger partial charge is 0.331 e. The Bertz CT molecular complexity index is 1420. The molecule has 1 saturated heterocycles. The van der Waals surface area contributed by atoms with Gasteiger partial charge in [-0.05, 0) is 73.9 Å². The highest BCUT2D eigenvalue weighted by Gasteiger charge is 2.26. The highest BCUT2D eigenvalue weighted by molar-refractivity contribution is 6.43. The van der Waals surface area contributed by atoms with Crippen molar-refractivity contribution in [2.75, 3.05) is 50.8 Å². The van der Waals surface area contributed by atoms with Gasteiger partial charge >= 0.3 is 6.03 Å². The van der Waals surface area contributed by atoms with E-state index < -0.39 is 0 Å². The van der Waals surface area contributed by atoms with Crippen LogP contribution in [0.4, 0.5) is 10.5 Å². The second-order valence-electron chi connectivity index (χ2n) is 12.0. The largest absolute Gasteiger partial charge is 0.494 e. The second kappa shape index (κ2) is 14.6. The van der Waals surface area contributed by atoms with Gasteiger partial charge in [0.15, 0.2) is 0 Å². The van der Waals surface area contributed by atoms with Crippen molar-refractivity contribution in [3.63, 3.8) is 0 Å². The molecule has 1 aromatic heterocycles. The van der Waals surface area contributed by atoms with Gasteiger partial charge in [-0.3, -0.25) is 9.69 Å². The molecule has 0 bridgehead atoms. The van der Waals surface area contributed by atoms with Crippen molar-refractivity contribution in [1.82, 2.24) is 14.4 Å². The predicted octanol–water partition coefficient (Wildman–Crippen LogP) is 7.26. The highest BCUT2D eigenvalue weighted by Crippen LogP contribution is 2.33. The van der Waals surface area contributed by atoms with Gasteiger partial charge in [-0.15, -0.1) is 0 Å². The van der Waals surface area contributed by atoms with Gasteiger partial charge in [0, 0.05) is 50.9 Å². The third kappa shape index (κ3) is 7.80. The molecule has 2 heterocycles. The van der Waals surface area contributed by atoms with Gasteiger partial charge in [0.2, 0.25) is 0 Å². The molecule has 0 aliphatic carbocycles. The van der Waals surface area contributed by atoms with Gasteiger partial charge < -0.3 is 14.5 Å². The number of carbonyl (C=O) groups is 1. The van der Waals surface area contributed by atoms with Crippen LogP contribution in [0.2, 0.25) is 10.0 Å². The molecule has 1 aliphatic rings. The van der Waals surface area contributed by atoms with E-state index in [0.717, 1.165) is 56.6 Å². The minimum atomic E-state index is -0.327. The molecule has 228 valence electrons. The van der Waals surface area contributed by atoms with Gasteiger partial charge in [0.25, 0.3) is 5.56 Å². The number of pyridine rings is 1. The quantitative estimate of drug-likeness (QED) is 0.213. The number of benzene rings is 2. The first kappa shape index (κ1) is 32.2. The van der Waals surface area contributed by atoms with Crippen LogP contribution in [0, 0.1) is 11.8 Å². The van der Waals surface area contributed by atoms with Crippen molar-refractivity contribution in [2.24, 2.45) is 11.8 Å². The van der Waals surface area contributed by atoms with Crippen molar-refractivity contribution < 1.29 is 9.53 Å². The third-order valence-corrected chi connectivity index (χ3v) is 8.91. The maximum Gasteiger partial charge on any atom is 0.331 e. The lowest BCUT2D eigenvalue weighted by Crippen LogP contribution is -2.48. The minimum Gasteiger partial charge on any atom is -0.494 e. The average molecular weight is 616 g/mol. The van der Waals surface area contributed by atoms with Crippen LogP contribution in [-0.4, -0.2) is 72.3 Å². The lowest BCUT2D eigenvalue weighted by atomic mass is 10.0. The van der Waals surface area contributed by atoms with Gasteiger partial charge in [-0.1, -0.05) is 57.0 Å². The molecule has 1 atom stereocenters. The number of piperazine rings is 1. The summed E-state index contributed by atoms with van der Waals surface area (Å²) in [4.78, 5) is 33.4. The number of amides is 1. The highest BCUT2D eigenvalue weighted by atomic mass is 35.5. The van der Waals surface area contributed by atoms with Gasteiger partial charge in [-0.2, -0.15) is 0 Å². The maximum atomic E-state index is 13.8. The van der Waals surface area contributed by atoms with Crippen LogP contribution in [0.3, 0.4) is 0 Å². The molecule has 42 heavy (non-hydrogen) atoms. The lowest BCUT2D eigenvalue weighted by molar-refractivity contribution is 0.154. The second-order valence-corrected chi connectivity index (χ2v) is 12.8. The average Bonchev–Trinajstić information content (AvgIpc) is 2.96. The van der Waals surface area contributed by atoms with E-state index in [9.17, 15) is 9.59 Å². The number of ether oxygens (including phenoxy) is 1. The molecule has 7 nitrogen and oxygen atoms in total. The van der Waals surface area contributed by atoms with Crippen LogP contribution in [0.15, 0.2) is 53.3 Å². The number of hydrogen-bond donors (Lipinski definition) is 0. The number of nitrogens with zero attached hydrogens (tertiary/aromatic N) is 4. The lowest BCUT2D eigenvalue weighted by Gasteiger charge is -2.36. The number of hydrogen-bond acceptors (Lipinski definition) is 5. The van der Waals surface area contributed by atoms with E-state index in [2.05, 4.69) is 37.5 Å². The van der Waals surface area contributed by atoms with Crippen LogP contribution < -0.4 is 15.2 Å². The van der Waals surface area contributed by atoms with E-state index in [0.29, 0.717) is 34.5 Å². The van der Waals surface area contributed by atoms with Crippen LogP contribution in [0.5, 0.6) is 5.75 Å². The number of carbonyl (C=O) groups excluding carboxylic acids is 1. The Morgan fingerprint density at radius 2 is 1.67 bits per heavy atom. The molecule has 0 saturated carbocycles. The van der Waals surface area contributed by atoms with Crippen molar-refractivity contribution in [2.45, 2.75) is 53.5 Å². The summed E-state index contributed by atoms with van der Waals surface area (Å²) < 4.78 is 7.40. The number of halogens is 2. The number of fused-ring (bicyclic) bond motifs is 1. The zero-order valence-corrected chi connectivity index (χ0v) is 27.0. The Hall–Kier alpha value is -2.74. The van der Waals surface area contributed by atoms with E-state index in [4.69, 9.17) is 27.9 Å². The van der Waals surface area contributed by atoms with Crippen molar-refractivity contribution in [3.8, 4) is 5.75 Å². The summed E-state index contributed by atoms with van der Waals surface area (Å²) in [6, 6.07) is 14.4. The number of unbranched alkanes of at least 4 members (excludes halogenated alkanes) is 1. The molecule has 3 aromatic rings. The first-order valence-electron chi connectivity index (χ1n) is 15.1. The summed E-state index contributed by atoms with van der Waals surface area (Å²) in [5.74, 6) is 1.21. The zero-order chi connectivity index (χ0) is 30.4. The molecule has 4 rings (SSSR count). The SMILES string of the molecule is CC(C)CN(C(=O)n1c(=O)ccc2ccc(OCCCCN3CCN(c4cccc(Cl)c4Cl)CC3)cc21)C(C)C(C)C. The predicted molar refractivity (Wildman–Crippen MR) is 175 cm³/mol. The molecule has 0 spiro atoms. The van der Waals surface area contributed by atoms with Crippen LogP contribution in [0.1, 0.15) is 47.5 Å². The fraction of sp³-hybridized carbons (Fsp3) is 0.515. The fourth-order valence-corrected chi connectivity index (χ4v) is 5.79. The molecular weight excluding hydrogens is 571 g/mol. The summed E-state index contributed by atoms with van der Waals surface area (Å²) in [5.41, 5.74) is 1.25. The summed E-state index contributed by atoms with van der Waals surface area (Å²) in [6.07, 6.45) is 1.93. The standard InChI is InChI=1S/C33H44Cl2N4O3/c1-23(2)22-38(25(5)24(3)4)33(41)39-30-21-27(13-11-26(30)12-14-31(39)40)42-20-7-6-15-36-16-18-37(19-17-36)29-10-8-9-28(34)32(29)35/h8-14,21,23-25H,6-7,15-20,22H2,1-5H3. The Balaban J connectivity index is 1.33. The number of anilines is 1. The summed E-state index contributed by atoms with van der Waals surface area (Å²) in [6.45, 7) is 16.4. The first-order valence-corrected chi connectivity index (χ1v) is 15.8. The Kier molecular flexibility index (Phi) is 11.2. The molecule has 0 radical (unpaired) electrons. The molecule has 0 N–H and O–H groups in total. The summed E-state index contributed by atoms with van der Waals surface area (Å²) in [7, 11) is 0. The topological polar surface area (TPSA) is 58.0 Å². The summed E-state index contributed by atoms with van der Waals surface area (Å²) in [5, 5.41) is 2.04. The van der Waals surface area contributed by atoms with E-state index >= 15 is 0 Å². The van der Waals surface area contributed by atoms with Gasteiger partial charge in [-0.25, -0.2) is 9.36 Å². The van der Waals surface area contributed by atoms with E-state index in [-0.39, 0.29) is 29.5 Å². The van der Waals surface area contributed by atoms with E-state index in [1.165, 1.54) is 10.6 Å². The summed E-state index contributed by atoms with van der Waals surface area (Å²) >= 11 is 12.6. The third-order valence-electron chi connectivity index (χ3n) is 8.11. The van der Waals surface area contributed by atoms with E-state index in [1.54, 1.807) is 6.07 Å². The molecule has 1 aliphatic heterocycles.